The fourth-order valence-electron chi connectivity index (χ4n) is 6.87. The molecule has 244 valence electrons. The Morgan fingerprint density at radius 3 is 1.25 bits per heavy atom. The molecular weight excluding hydrogens is 633 g/mol. The Labute approximate surface area is 302 Å². The van der Waals surface area contributed by atoms with Gasteiger partial charge >= 0.3 is 0 Å². The van der Waals surface area contributed by atoms with Crippen LogP contribution < -0.4 is 0 Å². The third kappa shape index (κ3) is 6.03. The summed E-state index contributed by atoms with van der Waals surface area (Å²) in [5.41, 5.74) is 12.0. The van der Waals surface area contributed by atoms with Gasteiger partial charge in [0.1, 0.15) is 0 Å². The topological polar surface area (TPSA) is 51.6 Å². The summed E-state index contributed by atoms with van der Waals surface area (Å²) in [4.78, 5) is 19.4. The number of fused-ring (bicyclic) bond motifs is 1. The van der Waals surface area contributed by atoms with Crippen LogP contribution in [0.2, 0.25) is 0 Å². The standard InChI is InChI=1S/C48H32N4/c1-3-12-34(13-4-1)40-17-7-10-20-45(40)48-51-46(37-14-5-2-6-15-37)50-47(52-48)38-27-25-36(26-28-38)42-30-29-41(43-18-8-9-19-44(42)43)35-23-21-33(22-24-35)39-16-11-31-49-32-39/h1-32H. The molecule has 0 unspecified atom stereocenters. The molecule has 0 aliphatic heterocycles. The van der Waals surface area contributed by atoms with Crippen LogP contribution in [0.15, 0.2) is 194 Å². The first-order chi connectivity index (χ1) is 25.8. The molecule has 7 aromatic carbocycles. The van der Waals surface area contributed by atoms with Crippen LogP contribution >= 0.6 is 0 Å². The Balaban J connectivity index is 1.10. The van der Waals surface area contributed by atoms with E-state index in [-0.39, 0.29) is 0 Å². The van der Waals surface area contributed by atoms with E-state index in [1.54, 1.807) is 6.20 Å². The second kappa shape index (κ2) is 13.7. The molecule has 2 heterocycles. The van der Waals surface area contributed by atoms with E-state index < -0.39 is 0 Å². The van der Waals surface area contributed by atoms with Gasteiger partial charge < -0.3 is 0 Å². The van der Waals surface area contributed by atoms with Gasteiger partial charge in [-0.1, -0.05) is 176 Å². The van der Waals surface area contributed by atoms with Crippen molar-refractivity contribution in [2.45, 2.75) is 0 Å². The Hall–Kier alpha value is -7.04. The van der Waals surface area contributed by atoms with Crippen molar-refractivity contribution in [2.75, 3.05) is 0 Å². The van der Waals surface area contributed by atoms with Gasteiger partial charge in [0, 0.05) is 29.1 Å². The molecule has 9 aromatic rings. The lowest BCUT2D eigenvalue weighted by molar-refractivity contribution is 1.07. The maximum absolute atomic E-state index is 5.08. The van der Waals surface area contributed by atoms with Gasteiger partial charge in [0.25, 0.3) is 0 Å². The fraction of sp³-hybridized carbons (Fsp3) is 0. The van der Waals surface area contributed by atoms with Crippen LogP contribution in [0.4, 0.5) is 0 Å². The summed E-state index contributed by atoms with van der Waals surface area (Å²) in [5, 5.41) is 2.42. The van der Waals surface area contributed by atoms with Crippen LogP contribution in [0.1, 0.15) is 0 Å². The van der Waals surface area contributed by atoms with Gasteiger partial charge in [-0.2, -0.15) is 0 Å². The van der Waals surface area contributed by atoms with Crippen LogP contribution in [0.25, 0.3) is 89.4 Å². The highest BCUT2D eigenvalue weighted by molar-refractivity contribution is 6.05. The van der Waals surface area contributed by atoms with Crippen molar-refractivity contribution < 1.29 is 0 Å². The highest BCUT2D eigenvalue weighted by Crippen LogP contribution is 2.37. The van der Waals surface area contributed by atoms with E-state index in [0.29, 0.717) is 17.5 Å². The van der Waals surface area contributed by atoms with Crippen LogP contribution in [0.5, 0.6) is 0 Å². The number of aromatic nitrogens is 4. The number of hydrogen-bond acceptors (Lipinski definition) is 4. The minimum absolute atomic E-state index is 0.633. The summed E-state index contributed by atoms with van der Waals surface area (Å²) in [7, 11) is 0. The number of rotatable bonds is 7. The molecule has 0 N–H and O–H groups in total. The number of pyridine rings is 1. The molecule has 4 heteroatoms. The zero-order valence-electron chi connectivity index (χ0n) is 28.3. The highest BCUT2D eigenvalue weighted by Gasteiger charge is 2.16. The van der Waals surface area contributed by atoms with E-state index in [4.69, 9.17) is 15.0 Å². The van der Waals surface area contributed by atoms with E-state index in [9.17, 15) is 0 Å². The normalized spacial score (nSPS) is 11.1. The van der Waals surface area contributed by atoms with Gasteiger partial charge in [-0.25, -0.2) is 15.0 Å². The Morgan fingerprint density at radius 2 is 0.673 bits per heavy atom. The second-order valence-electron chi connectivity index (χ2n) is 12.7. The molecule has 0 bridgehead atoms. The van der Waals surface area contributed by atoms with Gasteiger partial charge in [-0.05, 0) is 61.3 Å². The molecule has 0 saturated carbocycles. The average Bonchev–Trinajstić information content (AvgIpc) is 3.24. The molecule has 4 nitrogen and oxygen atoms in total. The van der Waals surface area contributed by atoms with Crippen molar-refractivity contribution in [3.63, 3.8) is 0 Å². The van der Waals surface area contributed by atoms with Crippen molar-refractivity contribution >= 4 is 10.8 Å². The van der Waals surface area contributed by atoms with E-state index in [1.807, 2.05) is 54.7 Å². The van der Waals surface area contributed by atoms with Gasteiger partial charge in [-0.15, -0.1) is 0 Å². The van der Waals surface area contributed by atoms with E-state index in [0.717, 1.165) is 44.5 Å². The average molecular weight is 665 g/mol. The lowest BCUT2D eigenvalue weighted by atomic mass is 9.91. The molecule has 2 aromatic heterocycles. The summed E-state index contributed by atoms with van der Waals surface area (Å²) in [6.07, 6.45) is 3.70. The minimum atomic E-state index is 0.633. The van der Waals surface area contributed by atoms with Crippen LogP contribution in [0.3, 0.4) is 0 Å². The molecule has 0 saturated heterocycles. The van der Waals surface area contributed by atoms with Crippen molar-refractivity contribution in [2.24, 2.45) is 0 Å². The zero-order chi connectivity index (χ0) is 34.7. The van der Waals surface area contributed by atoms with Crippen molar-refractivity contribution in [3.05, 3.63) is 194 Å². The summed E-state index contributed by atoms with van der Waals surface area (Å²) >= 11 is 0. The SMILES string of the molecule is c1ccc(-c2nc(-c3ccc(-c4ccc(-c5ccc(-c6cccnc6)cc5)c5ccccc45)cc3)nc(-c3ccccc3-c3ccccc3)n2)cc1. The van der Waals surface area contributed by atoms with Gasteiger partial charge in [0.05, 0.1) is 0 Å². The molecule has 0 aliphatic rings. The Bertz CT molecular complexity index is 2640. The second-order valence-corrected chi connectivity index (χ2v) is 12.7. The highest BCUT2D eigenvalue weighted by atomic mass is 15.0. The minimum Gasteiger partial charge on any atom is -0.264 e. The molecular formula is C48H32N4. The summed E-state index contributed by atoms with van der Waals surface area (Å²) < 4.78 is 0. The lowest BCUT2D eigenvalue weighted by Gasteiger charge is -2.14. The van der Waals surface area contributed by atoms with E-state index in [1.165, 1.54) is 27.5 Å². The zero-order valence-corrected chi connectivity index (χ0v) is 28.3. The number of benzene rings is 7. The quantitative estimate of drug-likeness (QED) is 0.170. The molecule has 9 rings (SSSR count). The van der Waals surface area contributed by atoms with Crippen molar-refractivity contribution in [1.29, 1.82) is 0 Å². The predicted octanol–water partition coefficient (Wildman–Crippen LogP) is 12.1. The maximum Gasteiger partial charge on any atom is 0.164 e. The first-order valence-electron chi connectivity index (χ1n) is 17.4. The van der Waals surface area contributed by atoms with Gasteiger partial charge in [-0.3, -0.25) is 4.98 Å². The largest absolute Gasteiger partial charge is 0.264 e. The Kier molecular flexibility index (Phi) is 8.16. The summed E-state index contributed by atoms with van der Waals surface area (Å²) in [6.45, 7) is 0. The van der Waals surface area contributed by atoms with E-state index >= 15 is 0 Å². The summed E-state index contributed by atoms with van der Waals surface area (Å²) in [5.74, 6) is 1.92. The third-order valence-corrected chi connectivity index (χ3v) is 9.49. The maximum atomic E-state index is 5.08. The predicted molar refractivity (Wildman–Crippen MR) is 213 cm³/mol. The molecule has 0 fully saturated rings. The molecule has 0 atom stereocenters. The third-order valence-electron chi connectivity index (χ3n) is 9.49. The number of hydrogen-bond donors (Lipinski definition) is 0. The van der Waals surface area contributed by atoms with Crippen molar-refractivity contribution in [3.8, 4) is 78.7 Å². The van der Waals surface area contributed by atoms with Gasteiger partial charge in [0.15, 0.2) is 17.5 Å². The molecule has 0 radical (unpaired) electrons. The molecule has 0 aliphatic carbocycles. The molecule has 52 heavy (non-hydrogen) atoms. The smallest absolute Gasteiger partial charge is 0.164 e. The molecule has 0 spiro atoms. The Morgan fingerprint density at radius 1 is 0.250 bits per heavy atom. The monoisotopic (exact) mass is 664 g/mol. The fourth-order valence-corrected chi connectivity index (χ4v) is 6.87. The van der Waals surface area contributed by atoms with E-state index in [2.05, 4.69) is 138 Å². The van der Waals surface area contributed by atoms with Crippen LogP contribution in [0, 0.1) is 0 Å². The summed E-state index contributed by atoms with van der Waals surface area (Å²) in [6, 6.07) is 63.3. The first-order valence-corrected chi connectivity index (χ1v) is 17.4. The first kappa shape index (κ1) is 31.0. The number of nitrogens with zero attached hydrogens (tertiary/aromatic N) is 4. The van der Waals surface area contributed by atoms with Crippen LogP contribution in [-0.4, -0.2) is 19.9 Å². The van der Waals surface area contributed by atoms with Gasteiger partial charge in [0.2, 0.25) is 0 Å². The van der Waals surface area contributed by atoms with Crippen molar-refractivity contribution in [1.82, 2.24) is 19.9 Å². The lowest BCUT2D eigenvalue weighted by Crippen LogP contribution is -2.01. The molecule has 0 amide bonds. The van der Waals surface area contributed by atoms with Crippen LogP contribution in [-0.2, 0) is 0 Å².